The second-order valence-electron chi connectivity index (χ2n) is 7.13. The second-order valence-corrected chi connectivity index (χ2v) is 7.13. The van der Waals surface area contributed by atoms with E-state index in [9.17, 15) is 20.1 Å². The summed E-state index contributed by atoms with van der Waals surface area (Å²) >= 11 is 0. The fourth-order valence-corrected chi connectivity index (χ4v) is 3.23. The summed E-state index contributed by atoms with van der Waals surface area (Å²) in [5.74, 6) is -0.344. The Morgan fingerprint density at radius 1 is 1.00 bits per heavy atom. The van der Waals surface area contributed by atoms with Crippen LogP contribution in [-0.2, 0) is 14.3 Å². The molecule has 1 fully saturated rings. The van der Waals surface area contributed by atoms with Crippen LogP contribution in [-0.4, -0.2) is 65.1 Å². The van der Waals surface area contributed by atoms with Crippen LogP contribution in [0.2, 0.25) is 0 Å². The van der Waals surface area contributed by atoms with Crippen molar-refractivity contribution >= 4 is 5.91 Å². The molecule has 0 bridgehead atoms. The van der Waals surface area contributed by atoms with Gasteiger partial charge in [0.2, 0.25) is 5.91 Å². The number of amides is 1. The SMILES string of the molecule is CCCCCCCCCCCO[C@H]1O[C@@H](CO)[C@@H](O)[C@@H](O)[C@@H]1NC(C)=O. The van der Waals surface area contributed by atoms with Crippen molar-refractivity contribution in [1.29, 1.82) is 0 Å². The number of nitrogens with one attached hydrogen (secondary N) is 1. The smallest absolute Gasteiger partial charge is 0.217 e. The highest BCUT2D eigenvalue weighted by atomic mass is 16.7. The van der Waals surface area contributed by atoms with Crippen molar-refractivity contribution in [2.75, 3.05) is 13.2 Å². The summed E-state index contributed by atoms with van der Waals surface area (Å²) in [6, 6.07) is -0.858. The van der Waals surface area contributed by atoms with Crippen LogP contribution in [0.15, 0.2) is 0 Å². The third-order valence-electron chi connectivity index (χ3n) is 4.78. The Balaban J connectivity index is 2.28. The molecule has 1 heterocycles. The van der Waals surface area contributed by atoms with Gasteiger partial charge in [0.25, 0.3) is 0 Å². The first kappa shape index (κ1) is 23.3. The highest BCUT2D eigenvalue weighted by Gasteiger charge is 2.45. The van der Waals surface area contributed by atoms with Gasteiger partial charge >= 0.3 is 0 Å². The van der Waals surface area contributed by atoms with E-state index in [1.807, 2.05) is 0 Å². The van der Waals surface area contributed by atoms with Gasteiger partial charge in [0, 0.05) is 13.5 Å². The average Bonchev–Trinajstić information content (AvgIpc) is 2.62. The minimum atomic E-state index is -1.27. The summed E-state index contributed by atoms with van der Waals surface area (Å²) in [6.45, 7) is 3.56. The molecule has 1 aliphatic rings. The highest BCUT2D eigenvalue weighted by Crippen LogP contribution is 2.22. The van der Waals surface area contributed by atoms with Crippen LogP contribution in [0, 0.1) is 0 Å². The Labute approximate surface area is 157 Å². The van der Waals surface area contributed by atoms with Crippen molar-refractivity contribution in [3.63, 3.8) is 0 Å². The summed E-state index contributed by atoms with van der Waals surface area (Å²) in [6.07, 6.45) is 6.47. The normalized spacial score (nSPS) is 28.9. The van der Waals surface area contributed by atoms with Gasteiger partial charge in [0.15, 0.2) is 6.29 Å². The molecule has 0 unspecified atom stereocenters. The minimum Gasteiger partial charge on any atom is -0.394 e. The molecular weight excluding hydrogens is 338 g/mol. The van der Waals surface area contributed by atoms with E-state index in [0.29, 0.717) is 6.61 Å². The van der Waals surface area contributed by atoms with Crippen LogP contribution in [0.3, 0.4) is 0 Å². The van der Waals surface area contributed by atoms with Crippen LogP contribution in [0.5, 0.6) is 0 Å². The van der Waals surface area contributed by atoms with Gasteiger partial charge in [-0.05, 0) is 6.42 Å². The predicted octanol–water partition coefficient (Wildman–Crippen LogP) is 1.48. The molecular formula is C19H37NO6. The quantitative estimate of drug-likeness (QED) is 0.363. The number of aliphatic hydroxyl groups is 3. The van der Waals surface area contributed by atoms with E-state index in [2.05, 4.69) is 12.2 Å². The maximum absolute atomic E-state index is 11.3. The fourth-order valence-electron chi connectivity index (χ4n) is 3.23. The standard InChI is InChI=1S/C19H37NO6/c1-3-4-5-6-7-8-9-10-11-12-25-19-16(20-14(2)22)18(24)17(23)15(13-21)26-19/h15-19,21,23-24H,3-13H2,1-2H3,(H,20,22)/t15-,16-,17+,18-,19-/m0/s1. The number of rotatable bonds is 13. The van der Waals surface area contributed by atoms with Crippen LogP contribution < -0.4 is 5.32 Å². The minimum absolute atomic E-state index is 0.344. The van der Waals surface area contributed by atoms with Crippen LogP contribution >= 0.6 is 0 Å². The average molecular weight is 376 g/mol. The largest absolute Gasteiger partial charge is 0.394 e. The molecule has 5 atom stereocenters. The molecule has 0 aromatic rings. The molecule has 0 aromatic heterocycles. The molecule has 1 rings (SSSR count). The first-order valence-electron chi connectivity index (χ1n) is 10.0. The predicted molar refractivity (Wildman–Crippen MR) is 98.5 cm³/mol. The second kappa shape index (κ2) is 13.4. The molecule has 0 spiro atoms. The van der Waals surface area contributed by atoms with Crippen LogP contribution in [0.1, 0.15) is 71.6 Å². The molecule has 26 heavy (non-hydrogen) atoms. The van der Waals surface area contributed by atoms with Crippen LogP contribution in [0.25, 0.3) is 0 Å². The number of carbonyl (C=O) groups excluding carboxylic acids is 1. The monoisotopic (exact) mass is 375 g/mol. The van der Waals surface area contributed by atoms with Crippen LogP contribution in [0.4, 0.5) is 0 Å². The van der Waals surface area contributed by atoms with Gasteiger partial charge in [0.1, 0.15) is 24.4 Å². The number of hydrogen-bond donors (Lipinski definition) is 4. The Morgan fingerprint density at radius 2 is 1.58 bits per heavy atom. The molecule has 1 aliphatic heterocycles. The lowest BCUT2D eigenvalue weighted by atomic mass is 9.97. The summed E-state index contributed by atoms with van der Waals surface area (Å²) in [5.41, 5.74) is 0. The molecule has 7 nitrogen and oxygen atoms in total. The molecule has 154 valence electrons. The lowest BCUT2D eigenvalue weighted by molar-refractivity contribution is -0.270. The number of hydrogen-bond acceptors (Lipinski definition) is 6. The maximum atomic E-state index is 11.3. The molecule has 0 aromatic carbocycles. The lowest BCUT2D eigenvalue weighted by Crippen LogP contribution is -2.64. The Morgan fingerprint density at radius 3 is 2.12 bits per heavy atom. The van der Waals surface area contributed by atoms with Gasteiger partial charge in [-0.2, -0.15) is 0 Å². The summed E-state index contributed by atoms with van der Waals surface area (Å²) in [7, 11) is 0. The molecule has 1 amide bonds. The fraction of sp³-hybridized carbons (Fsp3) is 0.947. The molecule has 0 aliphatic carbocycles. The van der Waals surface area contributed by atoms with Gasteiger partial charge in [-0.15, -0.1) is 0 Å². The zero-order valence-electron chi connectivity index (χ0n) is 16.2. The van der Waals surface area contributed by atoms with Crippen molar-refractivity contribution in [3.8, 4) is 0 Å². The summed E-state index contributed by atoms with van der Waals surface area (Å²) in [5, 5.41) is 32.0. The number of unbranched alkanes of at least 4 members (excludes halogenated alkanes) is 8. The van der Waals surface area contributed by atoms with Gasteiger partial charge in [-0.1, -0.05) is 58.3 Å². The Hall–Kier alpha value is -0.730. The Kier molecular flexibility index (Phi) is 12.0. The van der Waals surface area contributed by atoms with Crippen molar-refractivity contribution < 1.29 is 29.6 Å². The third-order valence-corrected chi connectivity index (χ3v) is 4.78. The van der Waals surface area contributed by atoms with E-state index in [-0.39, 0.29) is 5.91 Å². The van der Waals surface area contributed by atoms with E-state index in [1.165, 1.54) is 45.4 Å². The Bertz CT molecular complexity index is 381. The number of aliphatic hydroxyl groups excluding tert-OH is 3. The molecule has 4 N–H and O–H groups in total. The first-order chi connectivity index (χ1) is 12.5. The van der Waals surface area contributed by atoms with Crippen molar-refractivity contribution in [2.45, 2.75) is 102 Å². The summed E-state index contributed by atoms with van der Waals surface area (Å²) < 4.78 is 11.2. The molecule has 0 saturated carbocycles. The topological polar surface area (TPSA) is 108 Å². The zero-order valence-corrected chi connectivity index (χ0v) is 16.2. The van der Waals surface area contributed by atoms with Gasteiger partial charge in [-0.3, -0.25) is 4.79 Å². The number of ether oxygens (including phenoxy) is 2. The van der Waals surface area contributed by atoms with Gasteiger partial charge < -0.3 is 30.1 Å². The van der Waals surface area contributed by atoms with Gasteiger partial charge in [-0.25, -0.2) is 0 Å². The molecule has 7 heteroatoms. The summed E-state index contributed by atoms with van der Waals surface area (Å²) in [4.78, 5) is 11.3. The van der Waals surface area contributed by atoms with Crippen molar-refractivity contribution in [2.24, 2.45) is 0 Å². The molecule has 0 radical (unpaired) electrons. The molecule has 1 saturated heterocycles. The van der Waals surface area contributed by atoms with E-state index in [0.717, 1.165) is 19.3 Å². The van der Waals surface area contributed by atoms with Crippen molar-refractivity contribution in [1.82, 2.24) is 5.32 Å². The van der Waals surface area contributed by atoms with E-state index in [1.54, 1.807) is 0 Å². The zero-order chi connectivity index (χ0) is 19.4. The van der Waals surface area contributed by atoms with E-state index < -0.39 is 37.3 Å². The lowest BCUT2D eigenvalue weighted by Gasteiger charge is -2.42. The van der Waals surface area contributed by atoms with E-state index in [4.69, 9.17) is 9.47 Å². The highest BCUT2D eigenvalue weighted by molar-refractivity contribution is 5.73. The van der Waals surface area contributed by atoms with E-state index >= 15 is 0 Å². The van der Waals surface area contributed by atoms with Gasteiger partial charge in [0.05, 0.1) is 6.61 Å². The third kappa shape index (κ3) is 8.31. The van der Waals surface area contributed by atoms with Crippen molar-refractivity contribution in [3.05, 3.63) is 0 Å². The number of carbonyl (C=O) groups is 1. The maximum Gasteiger partial charge on any atom is 0.217 e. The first-order valence-corrected chi connectivity index (χ1v) is 10.0.